The van der Waals surface area contributed by atoms with E-state index in [1.54, 1.807) is 5.56 Å². The van der Waals surface area contributed by atoms with Crippen LogP contribution in [0.2, 0.25) is 0 Å². The van der Waals surface area contributed by atoms with Gasteiger partial charge >= 0.3 is 0 Å². The van der Waals surface area contributed by atoms with E-state index in [4.69, 9.17) is 0 Å². The van der Waals surface area contributed by atoms with Crippen molar-refractivity contribution >= 4 is 28.3 Å². The maximum absolute atomic E-state index is 3.68. The average Bonchev–Trinajstić information content (AvgIpc) is 2.59. The lowest BCUT2D eigenvalue weighted by atomic mass is 9.83. The van der Waals surface area contributed by atoms with Crippen LogP contribution in [0.15, 0.2) is 24.3 Å². The van der Waals surface area contributed by atoms with Gasteiger partial charge in [0.2, 0.25) is 0 Å². The van der Waals surface area contributed by atoms with E-state index in [0.29, 0.717) is 6.04 Å². The van der Waals surface area contributed by atoms with E-state index >= 15 is 0 Å². The number of hydrogen-bond donors (Lipinski definition) is 1. The first-order chi connectivity index (χ1) is 6.86. The second-order valence-corrected chi connectivity index (χ2v) is 5.91. The molecule has 1 aromatic rings. The Balaban J connectivity index is 2.00. The number of nitrogens with one attached hydrogen (secondary N) is 1. The number of rotatable bonds is 0. The van der Waals surface area contributed by atoms with Gasteiger partial charge in [0.25, 0.3) is 0 Å². The predicted molar refractivity (Wildman–Crippen MR) is 68.3 cm³/mol. The van der Waals surface area contributed by atoms with Crippen LogP contribution in [0, 0.1) is 0 Å². The summed E-state index contributed by atoms with van der Waals surface area (Å²) in [6, 6.07) is 9.51. The minimum absolute atomic E-state index is 0.696. The third-order valence-electron chi connectivity index (χ3n) is 3.50. The fourth-order valence-electron chi connectivity index (χ4n) is 2.82. The summed E-state index contributed by atoms with van der Waals surface area (Å²) in [5.74, 6) is 0.779. The van der Waals surface area contributed by atoms with E-state index in [-0.39, 0.29) is 0 Å². The first-order valence-electron chi connectivity index (χ1n) is 5.36. The first kappa shape index (κ1) is 9.01. The molecule has 1 nitrogen and oxygen atoms in total. The normalized spacial score (nSPS) is 34.5. The van der Waals surface area contributed by atoms with Crippen molar-refractivity contribution in [3.63, 3.8) is 0 Å². The zero-order chi connectivity index (χ0) is 9.54. The van der Waals surface area contributed by atoms with Crippen molar-refractivity contribution in [3.05, 3.63) is 29.8 Å². The lowest BCUT2D eigenvalue weighted by Gasteiger charge is -2.30. The molecule has 3 rings (SSSR count). The highest BCUT2D eigenvalue weighted by Gasteiger charge is 2.38. The summed E-state index contributed by atoms with van der Waals surface area (Å²) in [7, 11) is 0. The molecule has 1 aromatic carbocycles. The van der Waals surface area contributed by atoms with Crippen LogP contribution in [0.25, 0.3) is 0 Å². The topological polar surface area (TPSA) is 12.0 Å². The Bertz CT molecular complexity index is 350. The molecule has 0 amide bonds. The minimum Gasteiger partial charge on any atom is -0.380 e. The van der Waals surface area contributed by atoms with Crippen molar-refractivity contribution in [2.75, 3.05) is 5.32 Å². The van der Waals surface area contributed by atoms with Crippen LogP contribution in [0.3, 0.4) is 0 Å². The lowest BCUT2D eigenvalue weighted by Crippen LogP contribution is -2.34. The van der Waals surface area contributed by atoms with E-state index < -0.39 is 0 Å². The molecule has 0 spiro atoms. The Kier molecular flexibility index (Phi) is 2.19. The van der Waals surface area contributed by atoms with Crippen LogP contribution in [0.4, 0.5) is 5.69 Å². The highest BCUT2D eigenvalue weighted by molar-refractivity contribution is 14.1. The Morgan fingerprint density at radius 3 is 3.00 bits per heavy atom. The molecule has 3 atom stereocenters. The zero-order valence-corrected chi connectivity index (χ0v) is 10.2. The van der Waals surface area contributed by atoms with Crippen LogP contribution >= 0.6 is 22.6 Å². The fraction of sp³-hybridized carbons (Fsp3) is 0.500. The quantitative estimate of drug-likeness (QED) is 0.570. The number of para-hydroxylation sites is 1. The van der Waals surface area contributed by atoms with Crippen molar-refractivity contribution < 1.29 is 0 Å². The van der Waals surface area contributed by atoms with Gasteiger partial charge in [-0.15, -0.1) is 0 Å². The number of benzene rings is 1. The molecular weight excluding hydrogens is 285 g/mol. The second kappa shape index (κ2) is 3.40. The maximum atomic E-state index is 3.68. The van der Waals surface area contributed by atoms with Crippen LogP contribution in [0.1, 0.15) is 30.7 Å². The summed E-state index contributed by atoms with van der Waals surface area (Å²) in [5, 5.41) is 3.68. The van der Waals surface area contributed by atoms with Gasteiger partial charge in [-0.05, 0) is 24.5 Å². The van der Waals surface area contributed by atoms with E-state index in [0.717, 1.165) is 9.84 Å². The summed E-state index contributed by atoms with van der Waals surface area (Å²) < 4.78 is 0.804. The molecule has 1 heterocycles. The fourth-order valence-corrected chi connectivity index (χ4v) is 3.94. The van der Waals surface area contributed by atoms with Crippen molar-refractivity contribution in [3.8, 4) is 0 Å². The van der Waals surface area contributed by atoms with Crippen LogP contribution in [-0.4, -0.2) is 9.97 Å². The highest BCUT2D eigenvalue weighted by atomic mass is 127. The molecular formula is C12H14IN. The number of fused-ring (bicyclic) bond motifs is 3. The lowest BCUT2D eigenvalue weighted by molar-refractivity contribution is 0.442. The molecule has 1 fully saturated rings. The van der Waals surface area contributed by atoms with Gasteiger partial charge in [-0.2, -0.15) is 0 Å². The molecule has 0 aromatic heterocycles. The van der Waals surface area contributed by atoms with Gasteiger partial charge in [0, 0.05) is 21.6 Å². The SMILES string of the molecule is I[C@@H]1CCC[C@H]2c3ccccc3N[C@@H]12. The van der Waals surface area contributed by atoms with Gasteiger partial charge in [0.05, 0.1) is 0 Å². The maximum Gasteiger partial charge on any atom is 0.0448 e. The molecule has 0 radical (unpaired) electrons. The van der Waals surface area contributed by atoms with Crippen molar-refractivity contribution in [2.45, 2.75) is 35.1 Å². The molecule has 0 unspecified atom stereocenters. The van der Waals surface area contributed by atoms with Gasteiger partial charge < -0.3 is 5.32 Å². The van der Waals surface area contributed by atoms with Crippen LogP contribution < -0.4 is 5.32 Å². The van der Waals surface area contributed by atoms with Gasteiger partial charge in [-0.25, -0.2) is 0 Å². The third kappa shape index (κ3) is 1.27. The summed E-state index contributed by atoms with van der Waals surface area (Å²) in [5.41, 5.74) is 2.94. The Morgan fingerprint density at radius 1 is 1.21 bits per heavy atom. The first-order valence-corrected chi connectivity index (χ1v) is 6.60. The molecule has 1 saturated carbocycles. The van der Waals surface area contributed by atoms with Crippen molar-refractivity contribution in [2.24, 2.45) is 0 Å². The van der Waals surface area contributed by atoms with Gasteiger partial charge in [-0.1, -0.05) is 47.2 Å². The van der Waals surface area contributed by atoms with E-state index in [9.17, 15) is 0 Å². The molecule has 74 valence electrons. The van der Waals surface area contributed by atoms with Crippen molar-refractivity contribution in [1.29, 1.82) is 0 Å². The molecule has 1 aliphatic heterocycles. The van der Waals surface area contributed by atoms with E-state index in [1.807, 2.05) is 0 Å². The Hall–Kier alpha value is -0.250. The highest BCUT2D eigenvalue weighted by Crippen LogP contribution is 2.45. The molecule has 2 aliphatic rings. The molecule has 1 N–H and O–H groups in total. The summed E-state index contributed by atoms with van der Waals surface area (Å²) in [4.78, 5) is 0. The van der Waals surface area contributed by atoms with Gasteiger partial charge in [0.1, 0.15) is 0 Å². The average molecular weight is 299 g/mol. The number of hydrogen-bond acceptors (Lipinski definition) is 1. The van der Waals surface area contributed by atoms with E-state index in [2.05, 4.69) is 52.2 Å². The Morgan fingerprint density at radius 2 is 2.07 bits per heavy atom. The van der Waals surface area contributed by atoms with E-state index in [1.165, 1.54) is 24.9 Å². The summed E-state index contributed by atoms with van der Waals surface area (Å²) >= 11 is 2.61. The monoisotopic (exact) mass is 299 g/mol. The number of anilines is 1. The molecule has 0 bridgehead atoms. The number of halogens is 1. The third-order valence-corrected chi connectivity index (χ3v) is 4.90. The zero-order valence-electron chi connectivity index (χ0n) is 8.04. The summed E-state index contributed by atoms with van der Waals surface area (Å²) in [6.07, 6.45) is 4.14. The van der Waals surface area contributed by atoms with Crippen LogP contribution in [0.5, 0.6) is 0 Å². The summed E-state index contributed by atoms with van der Waals surface area (Å²) in [6.45, 7) is 0. The largest absolute Gasteiger partial charge is 0.380 e. The van der Waals surface area contributed by atoms with Crippen LogP contribution in [-0.2, 0) is 0 Å². The smallest absolute Gasteiger partial charge is 0.0448 e. The molecule has 2 heteroatoms. The molecule has 0 saturated heterocycles. The number of alkyl halides is 1. The van der Waals surface area contributed by atoms with Gasteiger partial charge in [0.15, 0.2) is 0 Å². The standard InChI is InChI=1S/C12H14IN/c13-10-6-3-5-9-8-4-1-2-7-11(8)14-12(9)10/h1-2,4,7,9-10,12,14H,3,5-6H2/t9-,10+,12+/m0/s1. The van der Waals surface area contributed by atoms with Gasteiger partial charge in [-0.3, -0.25) is 0 Å². The Labute approximate surface area is 98.4 Å². The molecule has 14 heavy (non-hydrogen) atoms. The molecule has 1 aliphatic carbocycles. The van der Waals surface area contributed by atoms with Crippen molar-refractivity contribution in [1.82, 2.24) is 0 Å². The minimum atomic E-state index is 0.696. The second-order valence-electron chi connectivity index (χ2n) is 4.31. The predicted octanol–water partition coefficient (Wildman–Crippen LogP) is 3.55.